The van der Waals surface area contributed by atoms with Gasteiger partial charge in [0.05, 0.1) is 11.2 Å². The fourth-order valence-electron chi connectivity index (χ4n) is 1.26. The van der Waals surface area contributed by atoms with E-state index in [0.717, 1.165) is 19.4 Å². The van der Waals surface area contributed by atoms with Gasteiger partial charge in [-0.3, -0.25) is 5.43 Å². The number of nitrogens with one attached hydrogen (secondary N) is 2. The Balaban J connectivity index is 2.55. The standard InChI is InChI=1S/C12H15Cl2N3OS/c1-2-3-4-15-12(19)17-16-7-8-5-9(13)6-10(14)11(8)18/h5-7,18H,2-4H2,1H3,(H2,15,17,19)/b16-7-. The van der Waals surface area contributed by atoms with E-state index in [9.17, 15) is 5.11 Å². The first kappa shape index (κ1) is 16.0. The molecule has 1 rings (SSSR count). The summed E-state index contributed by atoms with van der Waals surface area (Å²) in [6.07, 6.45) is 3.53. The third kappa shape index (κ3) is 5.63. The van der Waals surface area contributed by atoms with Crippen molar-refractivity contribution in [2.75, 3.05) is 6.54 Å². The Morgan fingerprint density at radius 2 is 2.21 bits per heavy atom. The lowest BCUT2D eigenvalue weighted by Gasteiger charge is -2.06. The normalized spacial score (nSPS) is 10.7. The summed E-state index contributed by atoms with van der Waals surface area (Å²) in [6, 6.07) is 3.02. The number of thiocarbonyl (C=S) groups is 1. The fourth-order valence-corrected chi connectivity index (χ4v) is 1.93. The topological polar surface area (TPSA) is 56.7 Å². The number of benzene rings is 1. The van der Waals surface area contributed by atoms with Gasteiger partial charge < -0.3 is 10.4 Å². The largest absolute Gasteiger partial charge is 0.506 e. The molecule has 0 bridgehead atoms. The molecule has 19 heavy (non-hydrogen) atoms. The number of hydrogen-bond donors (Lipinski definition) is 3. The Bertz CT molecular complexity index is 480. The molecule has 3 N–H and O–H groups in total. The van der Waals surface area contributed by atoms with Gasteiger partial charge in [-0.05, 0) is 30.8 Å². The van der Waals surface area contributed by atoms with Crippen LogP contribution in [-0.2, 0) is 0 Å². The minimum atomic E-state index is -0.0681. The molecular weight excluding hydrogens is 305 g/mol. The highest BCUT2D eigenvalue weighted by molar-refractivity contribution is 7.80. The first-order valence-electron chi connectivity index (χ1n) is 5.79. The van der Waals surface area contributed by atoms with E-state index in [0.29, 0.717) is 15.7 Å². The van der Waals surface area contributed by atoms with E-state index >= 15 is 0 Å². The molecule has 0 fully saturated rings. The zero-order valence-corrected chi connectivity index (χ0v) is 12.7. The number of rotatable bonds is 5. The number of nitrogens with zero attached hydrogens (tertiary/aromatic N) is 1. The first-order chi connectivity index (χ1) is 9.04. The van der Waals surface area contributed by atoms with Crippen LogP contribution in [0, 0.1) is 0 Å². The molecule has 0 aliphatic rings. The minimum Gasteiger partial charge on any atom is -0.506 e. The van der Waals surface area contributed by atoms with Crippen LogP contribution < -0.4 is 10.7 Å². The highest BCUT2D eigenvalue weighted by atomic mass is 35.5. The molecule has 0 aromatic heterocycles. The maximum absolute atomic E-state index is 9.70. The number of aromatic hydroxyl groups is 1. The van der Waals surface area contributed by atoms with Crippen molar-refractivity contribution in [2.24, 2.45) is 5.10 Å². The van der Waals surface area contributed by atoms with Gasteiger partial charge in [-0.2, -0.15) is 5.10 Å². The van der Waals surface area contributed by atoms with E-state index in [2.05, 4.69) is 22.8 Å². The summed E-state index contributed by atoms with van der Waals surface area (Å²) in [7, 11) is 0. The summed E-state index contributed by atoms with van der Waals surface area (Å²) in [6.45, 7) is 2.90. The molecule has 1 aromatic carbocycles. The minimum absolute atomic E-state index is 0.0681. The van der Waals surface area contributed by atoms with Crippen molar-refractivity contribution in [1.82, 2.24) is 10.7 Å². The molecule has 0 unspecified atom stereocenters. The van der Waals surface area contributed by atoms with E-state index in [1.54, 1.807) is 6.07 Å². The van der Waals surface area contributed by atoms with Crippen LogP contribution in [0.1, 0.15) is 25.3 Å². The second kappa shape index (κ2) is 8.19. The number of unbranched alkanes of at least 4 members (excludes halogenated alkanes) is 1. The van der Waals surface area contributed by atoms with Crippen LogP contribution in [0.2, 0.25) is 10.0 Å². The second-order valence-electron chi connectivity index (χ2n) is 3.80. The van der Waals surface area contributed by atoms with Gasteiger partial charge in [0.15, 0.2) is 5.11 Å². The molecule has 0 aliphatic heterocycles. The average Bonchev–Trinajstić information content (AvgIpc) is 2.35. The highest BCUT2D eigenvalue weighted by Crippen LogP contribution is 2.29. The van der Waals surface area contributed by atoms with Gasteiger partial charge in [0.1, 0.15) is 5.75 Å². The first-order valence-corrected chi connectivity index (χ1v) is 6.96. The van der Waals surface area contributed by atoms with Crippen LogP contribution in [-0.4, -0.2) is 23.0 Å². The molecule has 0 radical (unpaired) electrons. The van der Waals surface area contributed by atoms with E-state index in [-0.39, 0.29) is 10.8 Å². The monoisotopic (exact) mass is 319 g/mol. The van der Waals surface area contributed by atoms with Gasteiger partial charge >= 0.3 is 0 Å². The second-order valence-corrected chi connectivity index (χ2v) is 5.06. The highest BCUT2D eigenvalue weighted by Gasteiger charge is 2.05. The number of hydrogen-bond acceptors (Lipinski definition) is 3. The van der Waals surface area contributed by atoms with Gasteiger partial charge in [-0.1, -0.05) is 36.5 Å². The van der Waals surface area contributed by atoms with Crippen LogP contribution in [0.25, 0.3) is 0 Å². The summed E-state index contributed by atoms with van der Waals surface area (Å²) in [5, 5.41) is 17.6. The SMILES string of the molecule is CCCCNC(=S)N/N=C\c1cc(Cl)cc(Cl)c1O. The predicted octanol–water partition coefficient (Wildman–Crippen LogP) is 3.30. The maximum Gasteiger partial charge on any atom is 0.186 e. The lowest BCUT2D eigenvalue weighted by Crippen LogP contribution is -2.32. The van der Waals surface area contributed by atoms with E-state index in [1.165, 1.54) is 12.3 Å². The zero-order valence-electron chi connectivity index (χ0n) is 10.4. The Kier molecular flexibility index (Phi) is 6.91. The van der Waals surface area contributed by atoms with Crippen molar-refractivity contribution in [3.05, 3.63) is 27.7 Å². The predicted molar refractivity (Wildman–Crippen MR) is 84.4 cm³/mol. The fraction of sp³-hybridized carbons (Fsp3) is 0.333. The summed E-state index contributed by atoms with van der Waals surface area (Å²) >= 11 is 16.6. The van der Waals surface area contributed by atoms with E-state index in [1.807, 2.05) is 0 Å². The maximum atomic E-state index is 9.70. The van der Waals surface area contributed by atoms with Crippen molar-refractivity contribution in [2.45, 2.75) is 19.8 Å². The van der Waals surface area contributed by atoms with Gasteiger partial charge in [0, 0.05) is 17.1 Å². The van der Waals surface area contributed by atoms with Crippen LogP contribution in [0.15, 0.2) is 17.2 Å². The number of halogens is 2. The molecule has 104 valence electrons. The quantitative estimate of drug-likeness (QED) is 0.337. The lowest BCUT2D eigenvalue weighted by atomic mass is 10.2. The van der Waals surface area contributed by atoms with E-state index < -0.39 is 0 Å². The molecule has 0 spiro atoms. The Hall–Kier alpha value is -1.04. The van der Waals surface area contributed by atoms with Crippen LogP contribution in [0.3, 0.4) is 0 Å². The van der Waals surface area contributed by atoms with Crippen molar-refractivity contribution < 1.29 is 5.11 Å². The molecule has 0 aliphatic carbocycles. The Morgan fingerprint density at radius 3 is 2.89 bits per heavy atom. The molecule has 1 aromatic rings. The molecule has 0 heterocycles. The molecule has 0 saturated carbocycles. The van der Waals surface area contributed by atoms with Crippen molar-refractivity contribution in [1.29, 1.82) is 0 Å². The Labute approximate surface area is 127 Å². The number of phenolic OH excluding ortho intramolecular Hbond substituents is 1. The van der Waals surface area contributed by atoms with Crippen LogP contribution in [0.5, 0.6) is 5.75 Å². The third-order valence-corrected chi connectivity index (χ3v) is 2.99. The molecule has 0 amide bonds. The van der Waals surface area contributed by atoms with Crippen molar-refractivity contribution in [3.8, 4) is 5.75 Å². The molecule has 0 atom stereocenters. The van der Waals surface area contributed by atoms with Gasteiger partial charge in [-0.15, -0.1) is 0 Å². The average molecular weight is 320 g/mol. The summed E-state index contributed by atoms with van der Waals surface area (Å²) in [4.78, 5) is 0. The summed E-state index contributed by atoms with van der Waals surface area (Å²) in [5.41, 5.74) is 3.07. The smallest absolute Gasteiger partial charge is 0.186 e. The summed E-state index contributed by atoms with van der Waals surface area (Å²) in [5.74, 6) is -0.0681. The number of hydrazone groups is 1. The van der Waals surface area contributed by atoms with Crippen molar-refractivity contribution >= 4 is 46.7 Å². The van der Waals surface area contributed by atoms with Crippen LogP contribution in [0.4, 0.5) is 0 Å². The molecule has 4 nitrogen and oxygen atoms in total. The molecule has 7 heteroatoms. The zero-order chi connectivity index (χ0) is 14.3. The van der Waals surface area contributed by atoms with Crippen molar-refractivity contribution in [3.63, 3.8) is 0 Å². The lowest BCUT2D eigenvalue weighted by molar-refractivity contribution is 0.474. The summed E-state index contributed by atoms with van der Waals surface area (Å²) < 4.78 is 0. The van der Waals surface area contributed by atoms with Crippen LogP contribution >= 0.6 is 35.4 Å². The van der Waals surface area contributed by atoms with Gasteiger partial charge in [0.25, 0.3) is 0 Å². The Morgan fingerprint density at radius 1 is 1.47 bits per heavy atom. The number of phenols is 1. The third-order valence-electron chi connectivity index (χ3n) is 2.24. The molecule has 0 saturated heterocycles. The van der Waals surface area contributed by atoms with E-state index in [4.69, 9.17) is 35.4 Å². The molecular formula is C12H15Cl2N3OS. The van der Waals surface area contributed by atoms with Gasteiger partial charge in [-0.25, -0.2) is 0 Å². The van der Waals surface area contributed by atoms with Gasteiger partial charge in [0.2, 0.25) is 0 Å².